The summed E-state index contributed by atoms with van der Waals surface area (Å²) in [5.74, 6) is 0. The van der Waals surface area contributed by atoms with E-state index in [-0.39, 0.29) is 5.48 Å². The van der Waals surface area contributed by atoms with Crippen LogP contribution in [0.25, 0.3) is 0 Å². The van der Waals surface area contributed by atoms with Gasteiger partial charge in [0, 0.05) is 7.11 Å². The van der Waals surface area contributed by atoms with Crippen molar-refractivity contribution in [3.05, 3.63) is 0 Å². The van der Waals surface area contributed by atoms with E-state index < -0.39 is 0 Å². The van der Waals surface area contributed by atoms with E-state index in [2.05, 4.69) is 0 Å². The van der Waals surface area contributed by atoms with Gasteiger partial charge in [-0.3, -0.25) is 0 Å². The number of ether oxygens (including phenoxy) is 2. The SMILES string of the molecule is COCC1CO1.O. The lowest BCUT2D eigenvalue weighted by Crippen LogP contribution is -1.94. The maximum atomic E-state index is 4.82. The van der Waals surface area contributed by atoms with Crippen LogP contribution in [-0.2, 0) is 9.47 Å². The highest BCUT2D eigenvalue weighted by Gasteiger charge is 2.21. The summed E-state index contributed by atoms with van der Waals surface area (Å²) in [5, 5.41) is 0. The maximum Gasteiger partial charge on any atom is 0.104 e. The highest BCUT2D eigenvalue weighted by Crippen LogP contribution is 2.06. The second kappa shape index (κ2) is 2.96. The van der Waals surface area contributed by atoms with Crippen LogP contribution in [0.1, 0.15) is 0 Å². The number of rotatable bonds is 2. The molecule has 1 rings (SSSR count). The summed E-state index contributed by atoms with van der Waals surface area (Å²) >= 11 is 0. The summed E-state index contributed by atoms with van der Waals surface area (Å²) in [7, 11) is 1.68. The van der Waals surface area contributed by atoms with Gasteiger partial charge in [-0.05, 0) is 0 Å². The van der Waals surface area contributed by atoms with Crippen molar-refractivity contribution in [2.45, 2.75) is 6.10 Å². The van der Waals surface area contributed by atoms with Gasteiger partial charge in [0.25, 0.3) is 0 Å². The standard InChI is InChI=1S/C4H8O2.H2O/c1-5-2-4-3-6-4;/h4H,2-3H2,1H3;1H2. The van der Waals surface area contributed by atoms with E-state index in [9.17, 15) is 0 Å². The Morgan fingerprint density at radius 1 is 1.86 bits per heavy atom. The van der Waals surface area contributed by atoms with E-state index in [0.29, 0.717) is 6.10 Å². The Hall–Kier alpha value is -0.120. The minimum absolute atomic E-state index is 0. The molecule has 0 amide bonds. The number of methoxy groups -OCH3 is 1. The lowest BCUT2D eigenvalue weighted by atomic mass is 10.5. The summed E-state index contributed by atoms with van der Waals surface area (Å²) in [4.78, 5) is 0. The largest absolute Gasteiger partial charge is 0.412 e. The zero-order valence-corrected chi connectivity index (χ0v) is 4.31. The molecule has 7 heavy (non-hydrogen) atoms. The molecule has 1 heterocycles. The fourth-order valence-electron chi connectivity index (χ4n) is 0.350. The molecular formula is C4H10O3. The second-order valence-corrected chi connectivity index (χ2v) is 1.41. The number of hydrogen-bond donors (Lipinski definition) is 0. The van der Waals surface area contributed by atoms with Crippen molar-refractivity contribution >= 4 is 0 Å². The quantitative estimate of drug-likeness (QED) is 0.433. The smallest absolute Gasteiger partial charge is 0.104 e. The molecule has 1 aliphatic rings. The van der Waals surface area contributed by atoms with Gasteiger partial charge in [0.2, 0.25) is 0 Å². The van der Waals surface area contributed by atoms with Crippen LogP contribution in [0.5, 0.6) is 0 Å². The molecule has 2 N–H and O–H groups in total. The molecule has 0 saturated carbocycles. The Morgan fingerprint density at radius 2 is 2.43 bits per heavy atom. The van der Waals surface area contributed by atoms with Crippen LogP contribution in [-0.4, -0.2) is 31.9 Å². The highest BCUT2D eigenvalue weighted by molar-refractivity contribution is 4.66. The molecule has 0 radical (unpaired) electrons. The number of epoxide rings is 1. The van der Waals surface area contributed by atoms with Crippen molar-refractivity contribution in [3.63, 3.8) is 0 Å². The maximum absolute atomic E-state index is 4.82. The van der Waals surface area contributed by atoms with Crippen LogP contribution in [0.3, 0.4) is 0 Å². The average molecular weight is 106 g/mol. The van der Waals surface area contributed by atoms with Crippen LogP contribution in [0.2, 0.25) is 0 Å². The molecule has 0 aromatic carbocycles. The first-order valence-electron chi connectivity index (χ1n) is 2.04. The first-order chi connectivity index (χ1) is 2.93. The van der Waals surface area contributed by atoms with E-state index in [1.165, 1.54) is 0 Å². The summed E-state index contributed by atoms with van der Waals surface area (Å²) in [6, 6.07) is 0. The van der Waals surface area contributed by atoms with Crippen LogP contribution in [0.15, 0.2) is 0 Å². The highest BCUT2D eigenvalue weighted by atomic mass is 16.6. The van der Waals surface area contributed by atoms with Gasteiger partial charge in [-0.15, -0.1) is 0 Å². The van der Waals surface area contributed by atoms with E-state index in [0.717, 1.165) is 13.2 Å². The van der Waals surface area contributed by atoms with E-state index in [4.69, 9.17) is 9.47 Å². The summed E-state index contributed by atoms with van der Waals surface area (Å²) < 4.78 is 9.56. The first kappa shape index (κ1) is 6.88. The van der Waals surface area contributed by atoms with Gasteiger partial charge in [-0.2, -0.15) is 0 Å². The van der Waals surface area contributed by atoms with E-state index >= 15 is 0 Å². The van der Waals surface area contributed by atoms with Gasteiger partial charge >= 0.3 is 0 Å². The lowest BCUT2D eigenvalue weighted by Gasteiger charge is -1.84. The Kier molecular flexibility index (Phi) is 2.91. The predicted octanol–water partition coefficient (Wildman–Crippen LogP) is -0.793. The van der Waals surface area contributed by atoms with Gasteiger partial charge in [0.15, 0.2) is 0 Å². The third kappa shape index (κ3) is 2.56. The van der Waals surface area contributed by atoms with Crippen LogP contribution < -0.4 is 0 Å². The molecule has 3 nitrogen and oxygen atoms in total. The van der Waals surface area contributed by atoms with Crippen molar-refractivity contribution in [2.75, 3.05) is 20.3 Å². The van der Waals surface area contributed by atoms with Crippen molar-refractivity contribution in [3.8, 4) is 0 Å². The van der Waals surface area contributed by atoms with Gasteiger partial charge in [-0.1, -0.05) is 0 Å². The van der Waals surface area contributed by atoms with Crippen molar-refractivity contribution < 1.29 is 14.9 Å². The summed E-state index contributed by atoms with van der Waals surface area (Å²) in [5.41, 5.74) is 0. The zero-order valence-electron chi connectivity index (χ0n) is 4.31. The molecule has 1 fully saturated rings. The Morgan fingerprint density at radius 3 is 2.57 bits per heavy atom. The molecule has 0 spiro atoms. The lowest BCUT2D eigenvalue weighted by molar-refractivity contribution is 0.171. The van der Waals surface area contributed by atoms with Gasteiger partial charge in [-0.25, -0.2) is 0 Å². The normalized spacial score (nSPS) is 26.1. The fourth-order valence-corrected chi connectivity index (χ4v) is 0.350. The molecule has 1 aliphatic heterocycles. The van der Waals surface area contributed by atoms with Gasteiger partial charge in [0.05, 0.1) is 13.2 Å². The average Bonchev–Trinajstić information content (AvgIpc) is 2.21. The monoisotopic (exact) mass is 106 g/mol. The number of hydrogen-bond acceptors (Lipinski definition) is 2. The molecule has 0 aromatic rings. The van der Waals surface area contributed by atoms with Gasteiger partial charge < -0.3 is 14.9 Å². The second-order valence-electron chi connectivity index (χ2n) is 1.41. The first-order valence-corrected chi connectivity index (χ1v) is 2.04. The molecule has 44 valence electrons. The molecule has 3 heteroatoms. The van der Waals surface area contributed by atoms with Crippen molar-refractivity contribution in [1.82, 2.24) is 0 Å². The third-order valence-corrected chi connectivity index (χ3v) is 0.755. The Balaban J connectivity index is 0.000000360. The molecule has 1 unspecified atom stereocenters. The van der Waals surface area contributed by atoms with Gasteiger partial charge in [0.1, 0.15) is 6.10 Å². The van der Waals surface area contributed by atoms with E-state index in [1.54, 1.807) is 7.11 Å². The zero-order chi connectivity index (χ0) is 4.41. The van der Waals surface area contributed by atoms with Crippen molar-refractivity contribution in [1.29, 1.82) is 0 Å². The topological polar surface area (TPSA) is 53.3 Å². The Labute approximate surface area is 42.5 Å². The predicted molar refractivity (Wildman–Crippen MR) is 25.2 cm³/mol. The Bertz CT molecular complexity index is 42.2. The van der Waals surface area contributed by atoms with Crippen molar-refractivity contribution in [2.24, 2.45) is 0 Å². The molecule has 0 aromatic heterocycles. The third-order valence-electron chi connectivity index (χ3n) is 0.755. The molecule has 1 atom stereocenters. The minimum Gasteiger partial charge on any atom is -0.412 e. The summed E-state index contributed by atoms with van der Waals surface area (Å²) in [6.45, 7) is 1.66. The molecule has 0 bridgehead atoms. The molecule has 0 aliphatic carbocycles. The van der Waals surface area contributed by atoms with E-state index in [1.807, 2.05) is 0 Å². The molecular weight excluding hydrogens is 96.0 g/mol. The van der Waals surface area contributed by atoms with Crippen LogP contribution in [0, 0.1) is 0 Å². The summed E-state index contributed by atoms with van der Waals surface area (Å²) in [6.07, 6.45) is 0.426. The van der Waals surface area contributed by atoms with Crippen LogP contribution >= 0.6 is 0 Å². The fraction of sp³-hybridized carbons (Fsp3) is 1.00. The minimum atomic E-state index is 0. The van der Waals surface area contributed by atoms with Crippen LogP contribution in [0.4, 0.5) is 0 Å². The molecule has 1 saturated heterocycles.